The molecule has 0 saturated heterocycles. The smallest absolute Gasteiger partial charge is 0.261 e. The van der Waals surface area contributed by atoms with Crippen LogP contribution in [-0.2, 0) is 0 Å². The summed E-state index contributed by atoms with van der Waals surface area (Å²) in [4.78, 5) is 25.2. The highest BCUT2D eigenvalue weighted by Crippen LogP contribution is 2.16. The number of carbonyl (C=O) groups excluding carboxylic acids is 2. The normalized spacial score (nSPS) is 10.5. The molecule has 5 heteroatoms. The number of carbonyl (C=O) groups is 2. The van der Waals surface area contributed by atoms with E-state index >= 15 is 0 Å². The lowest BCUT2D eigenvalue weighted by molar-refractivity contribution is 0.0950. The minimum absolute atomic E-state index is 0.0755. The molecular weight excluding hydrogens is 308 g/mol. The van der Waals surface area contributed by atoms with Gasteiger partial charge in [0.15, 0.2) is 0 Å². The molecule has 0 bridgehead atoms. The van der Waals surface area contributed by atoms with E-state index in [2.05, 4.69) is 24.5 Å². The van der Waals surface area contributed by atoms with E-state index in [0.29, 0.717) is 22.8 Å². The number of rotatable bonds is 12. The molecule has 130 valence electrons. The Bertz CT molecular complexity index is 431. The Morgan fingerprint density at radius 3 is 1.61 bits per heavy atom. The lowest BCUT2D eigenvalue weighted by Crippen LogP contribution is -2.24. The molecule has 0 spiro atoms. The minimum Gasteiger partial charge on any atom is -0.351 e. The molecule has 1 heterocycles. The maximum atomic E-state index is 12.0. The summed E-state index contributed by atoms with van der Waals surface area (Å²) in [6.07, 6.45) is 9.10. The van der Waals surface area contributed by atoms with E-state index in [9.17, 15) is 9.59 Å². The molecule has 23 heavy (non-hydrogen) atoms. The van der Waals surface area contributed by atoms with Gasteiger partial charge in [-0.2, -0.15) is 0 Å². The van der Waals surface area contributed by atoms with E-state index in [0.717, 1.165) is 25.7 Å². The van der Waals surface area contributed by atoms with Crippen molar-refractivity contribution >= 4 is 23.2 Å². The van der Waals surface area contributed by atoms with Gasteiger partial charge in [-0.25, -0.2) is 0 Å². The van der Waals surface area contributed by atoms with E-state index in [1.54, 1.807) is 12.1 Å². The second-order valence-electron chi connectivity index (χ2n) is 5.80. The van der Waals surface area contributed by atoms with Gasteiger partial charge in [0.05, 0.1) is 9.75 Å². The highest BCUT2D eigenvalue weighted by molar-refractivity contribution is 7.15. The molecule has 1 aromatic rings. The summed E-state index contributed by atoms with van der Waals surface area (Å²) in [7, 11) is 0. The Kier molecular flexibility index (Phi) is 10.4. The van der Waals surface area contributed by atoms with Crippen molar-refractivity contribution in [1.29, 1.82) is 0 Å². The van der Waals surface area contributed by atoms with Crippen LogP contribution in [0.5, 0.6) is 0 Å². The monoisotopic (exact) mass is 338 g/mol. The summed E-state index contributed by atoms with van der Waals surface area (Å²) in [5.74, 6) is -0.151. The summed E-state index contributed by atoms with van der Waals surface area (Å²) < 4.78 is 0. The molecule has 1 aromatic heterocycles. The predicted molar refractivity (Wildman–Crippen MR) is 97.3 cm³/mol. The highest BCUT2D eigenvalue weighted by atomic mass is 32.1. The largest absolute Gasteiger partial charge is 0.351 e. The number of hydrogen-bond donors (Lipinski definition) is 2. The van der Waals surface area contributed by atoms with Crippen LogP contribution in [0.2, 0.25) is 0 Å². The highest BCUT2D eigenvalue weighted by Gasteiger charge is 2.13. The molecule has 0 aromatic carbocycles. The minimum atomic E-state index is -0.0755. The first kappa shape index (κ1) is 19.7. The van der Waals surface area contributed by atoms with Crippen molar-refractivity contribution in [3.05, 3.63) is 21.9 Å². The topological polar surface area (TPSA) is 58.2 Å². The quantitative estimate of drug-likeness (QED) is 0.556. The number of thiophene rings is 1. The lowest BCUT2D eigenvalue weighted by atomic mass is 10.2. The molecular formula is C18H30N2O2S. The third-order valence-corrected chi connectivity index (χ3v) is 4.77. The van der Waals surface area contributed by atoms with Crippen molar-refractivity contribution in [1.82, 2.24) is 10.6 Å². The zero-order chi connectivity index (χ0) is 16.9. The number of amides is 2. The van der Waals surface area contributed by atoms with Gasteiger partial charge in [0.2, 0.25) is 0 Å². The Morgan fingerprint density at radius 2 is 1.22 bits per heavy atom. The van der Waals surface area contributed by atoms with Gasteiger partial charge < -0.3 is 10.6 Å². The molecule has 2 N–H and O–H groups in total. The van der Waals surface area contributed by atoms with Gasteiger partial charge in [0.25, 0.3) is 11.8 Å². The SMILES string of the molecule is CCCCCCNC(=O)c1ccc(C(=O)NCCCCCC)s1. The van der Waals surface area contributed by atoms with E-state index < -0.39 is 0 Å². The van der Waals surface area contributed by atoms with Crippen molar-refractivity contribution in [2.75, 3.05) is 13.1 Å². The van der Waals surface area contributed by atoms with Gasteiger partial charge in [-0.3, -0.25) is 9.59 Å². The van der Waals surface area contributed by atoms with E-state index in [4.69, 9.17) is 0 Å². The van der Waals surface area contributed by atoms with Crippen LogP contribution in [0.1, 0.15) is 84.6 Å². The first-order valence-corrected chi connectivity index (χ1v) is 9.66. The molecule has 0 unspecified atom stereocenters. The average molecular weight is 339 g/mol. The second kappa shape index (κ2) is 12.1. The third kappa shape index (κ3) is 8.16. The van der Waals surface area contributed by atoms with E-state index in [-0.39, 0.29) is 11.8 Å². The molecule has 0 fully saturated rings. The maximum Gasteiger partial charge on any atom is 0.261 e. The first-order chi connectivity index (χ1) is 11.2. The van der Waals surface area contributed by atoms with Crippen LogP contribution in [-0.4, -0.2) is 24.9 Å². The molecule has 4 nitrogen and oxygen atoms in total. The van der Waals surface area contributed by atoms with E-state index in [1.807, 2.05) is 0 Å². The Balaban J connectivity index is 2.29. The van der Waals surface area contributed by atoms with Gasteiger partial charge in [-0.1, -0.05) is 52.4 Å². The third-order valence-electron chi connectivity index (χ3n) is 3.69. The van der Waals surface area contributed by atoms with Crippen molar-refractivity contribution in [2.45, 2.75) is 65.2 Å². The Hall–Kier alpha value is -1.36. The molecule has 0 aliphatic carbocycles. The number of hydrogen-bond acceptors (Lipinski definition) is 3. The van der Waals surface area contributed by atoms with E-state index in [1.165, 1.54) is 37.0 Å². The van der Waals surface area contributed by atoms with Crippen LogP contribution in [0.4, 0.5) is 0 Å². The average Bonchev–Trinajstić information content (AvgIpc) is 3.04. The summed E-state index contributed by atoms with van der Waals surface area (Å²) in [5, 5.41) is 5.83. The molecule has 2 amide bonds. The molecule has 0 aliphatic heterocycles. The van der Waals surface area contributed by atoms with Gasteiger partial charge in [-0.05, 0) is 25.0 Å². The van der Waals surface area contributed by atoms with Crippen molar-refractivity contribution in [3.63, 3.8) is 0 Å². The fourth-order valence-corrected chi connectivity index (χ4v) is 3.10. The van der Waals surface area contributed by atoms with Crippen molar-refractivity contribution in [3.8, 4) is 0 Å². The standard InChI is InChI=1S/C18H30N2O2S/c1-3-5-7-9-13-19-17(21)15-11-12-16(23-15)18(22)20-14-10-8-6-4-2/h11-12H,3-10,13-14H2,1-2H3,(H,19,21)(H,20,22). The molecule has 0 atom stereocenters. The first-order valence-electron chi connectivity index (χ1n) is 8.85. The fraction of sp³-hybridized carbons (Fsp3) is 0.667. The van der Waals surface area contributed by atoms with Gasteiger partial charge >= 0.3 is 0 Å². The van der Waals surface area contributed by atoms with Crippen LogP contribution in [0.3, 0.4) is 0 Å². The van der Waals surface area contributed by atoms with Crippen molar-refractivity contribution < 1.29 is 9.59 Å². The maximum absolute atomic E-state index is 12.0. The molecule has 1 rings (SSSR count). The predicted octanol–water partition coefficient (Wildman–Crippen LogP) is 4.37. The summed E-state index contributed by atoms with van der Waals surface area (Å²) in [6, 6.07) is 3.47. The summed E-state index contributed by atoms with van der Waals surface area (Å²) >= 11 is 1.26. The second-order valence-corrected chi connectivity index (χ2v) is 6.88. The number of nitrogens with one attached hydrogen (secondary N) is 2. The summed E-state index contributed by atoms with van der Waals surface area (Å²) in [5.41, 5.74) is 0. The summed E-state index contributed by atoms with van der Waals surface area (Å²) in [6.45, 7) is 5.74. The lowest BCUT2D eigenvalue weighted by Gasteiger charge is -2.03. The van der Waals surface area contributed by atoms with Crippen LogP contribution < -0.4 is 10.6 Å². The van der Waals surface area contributed by atoms with Crippen LogP contribution >= 0.6 is 11.3 Å². The molecule has 0 radical (unpaired) electrons. The Morgan fingerprint density at radius 1 is 0.783 bits per heavy atom. The van der Waals surface area contributed by atoms with Crippen LogP contribution in [0, 0.1) is 0 Å². The zero-order valence-corrected chi connectivity index (χ0v) is 15.3. The number of unbranched alkanes of at least 4 members (excludes halogenated alkanes) is 6. The van der Waals surface area contributed by atoms with Gasteiger partial charge in [-0.15, -0.1) is 11.3 Å². The zero-order valence-electron chi connectivity index (χ0n) is 14.5. The van der Waals surface area contributed by atoms with Crippen molar-refractivity contribution in [2.24, 2.45) is 0 Å². The van der Waals surface area contributed by atoms with Gasteiger partial charge in [0.1, 0.15) is 0 Å². The fourth-order valence-electron chi connectivity index (χ4n) is 2.26. The van der Waals surface area contributed by atoms with Crippen LogP contribution in [0.25, 0.3) is 0 Å². The Labute approximate surface area is 144 Å². The molecule has 0 aliphatic rings. The molecule has 0 saturated carbocycles. The van der Waals surface area contributed by atoms with Gasteiger partial charge in [0, 0.05) is 13.1 Å². The van der Waals surface area contributed by atoms with Crippen LogP contribution in [0.15, 0.2) is 12.1 Å².